The predicted molar refractivity (Wildman–Crippen MR) is 118 cm³/mol. The summed E-state index contributed by atoms with van der Waals surface area (Å²) >= 11 is 0. The lowest BCUT2D eigenvalue weighted by atomic mass is 10.0. The summed E-state index contributed by atoms with van der Waals surface area (Å²) < 4.78 is 11.1. The first-order chi connectivity index (χ1) is 14.6. The van der Waals surface area contributed by atoms with Crippen LogP contribution in [0.4, 0.5) is 0 Å². The van der Waals surface area contributed by atoms with Gasteiger partial charge in [-0.25, -0.2) is 0 Å². The lowest BCUT2D eigenvalue weighted by Gasteiger charge is -2.34. The number of carbonyl (C=O) groups is 2. The van der Waals surface area contributed by atoms with Gasteiger partial charge in [0.1, 0.15) is 0 Å². The minimum atomic E-state index is -0.0248. The zero-order valence-corrected chi connectivity index (χ0v) is 18.3. The molecule has 1 saturated carbocycles. The molecule has 0 N–H and O–H groups in total. The maximum atomic E-state index is 12.6. The van der Waals surface area contributed by atoms with Gasteiger partial charge in [-0.1, -0.05) is 25.8 Å². The molecule has 2 aliphatic rings. The van der Waals surface area contributed by atoms with Gasteiger partial charge < -0.3 is 19.3 Å². The predicted octanol–water partition coefficient (Wildman–Crippen LogP) is 3.75. The third-order valence-electron chi connectivity index (χ3n) is 5.95. The van der Waals surface area contributed by atoms with Crippen LogP contribution in [0.1, 0.15) is 51.0 Å². The zero-order valence-electron chi connectivity index (χ0n) is 18.3. The van der Waals surface area contributed by atoms with Crippen molar-refractivity contribution < 1.29 is 19.1 Å². The highest BCUT2D eigenvalue weighted by Crippen LogP contribution is 2.29. The molecular formula is C24H34N2O4. The largest absolute Gasteiger partial charge is 0.493 e. The summed E-state index contributed by atoms with van der Waals surface area (Å²) in [5, 5.41) is 0. The van der Waals surface area contributed by atoms with Crippen LogP contribution in [0.3, 0.4) is 0 Å². The van der Waals surface area contributed by atoms with Crippen LogP contribution in [0.25, 0.3) is 6.08 Å². The Morgan fingerprint density at radius 3 is 2.43 bits per heavy atom. The fourth-order valence-corrected chi connectivity index (χ4v) is 4.16. The SMILES string of the molecule is CCCOc1ccc(/C=C/C(=O)N2CCN(C(=O)CC3CCCC3)CC2)cc1OC. The van der Waals surface area contributed by atoms with Crippen molar-refractivity contribution in [3.05, 3.63) is 29.8 Å². The topological polar surface area (TPSA) is 59.1 Å². The average molecular weight is 415 g/mol. The quantitative estimate of drug-likeness (QED) is 0.608. The van der Waals surface area contributed by atoms with Crippen molar-refractivity contribution in [3.8, 4) is 11.5 Å². The van der Waals surface area contributed by atoms with Crippen molar-refractivity contribution in [2.24, 2.45) is 5.92 Å². The van der Waals surface area contributed by atoms with E-state index >= 15 is 0 Å². The Bertz CT molecular complexity index is 748. The molecule has 2 fully saturated rings. The number of methoxy groups -OCH3 is 1. The highest BCUT2D eigenvalue weighted by atomic mass is 16.5. The molecule has 1 aliphatic carbocycles. The number of amides is 2. The van der Waals surface area contributed by atoms with Crippen molar-refractivity contribution in [1.29, 1.82) is 0 Å². The van der Waals surface area contributed by atoms with Crippen molar-refractivity contribution in [2.75, 3.05) is 39.9 Å². The number of piperazine rings is 1. The van der Waals surface area contributed by atoms with Crippen LogP contribution in [0.15, 0.2) is 24.3 Å². The van der Waals surface area contributed by atoms with E-state index in [0.717, 1.165) is 12.0 Å². The molecule has 1 heterocycles. The molecule has 30 heavy (non-hydrogen) atoms. The second-order valence-corrected chi connectivity index (χ2v) is 8.15. The van der Waals surface area contributed by atoms with Crippen LogP contribution in [0.2, 0.25) is 0 Å². The number of nitrogens with zero attached hydrogens (tertiary/aromatic N) is 2. The standard InChI is InChI=1S/C24H34N2O4/c1-3-16-30-21-10-8-20(17-22(21)29-2)9-11-23(27)25-12-14-26(15-13-25)24(28)18-19-6-4-5-7-19/h8-11,17,19H,3-7,12-16,18H2,1-2H3/b11-9+. The molecule has 0 unspecified atom stereocenters. The second-order valence-electron chi connectivity index (χ2n) is 8.15. The zero-order chi connectivity index (χ0) is 21.3. The molecule has 6 heteroatoms. The Balaban J connectivity index is 1.49. The summed E-state index contributed by atoms with van der Waals surface area (Å²) in [7, 11) is 1.61. The van der Waals surface area contributed by atoms with E-state index in [1.807, 2.05) is 28.0 Å². The fraction of sp³-hybridized carbons (Fsp3) is 0.583. The summed E-state index contributed by atoms with van der Waals surface area (Å²) in [4.78, 5) is 28.8. The summed E-state index contributed by atoms with van der Waals surface area (Å²) in [5.41, 5.74) is 0.884. The van der Waals surface area contributed by atoms with Crippen LogP contribution in [-0.2, 0) is 9.59 Å². The molecule has 164 valence electrons. The fourth-order valence-electron chi connectivity index (χ4n) is 4.16. The average Bonchev–Trinajstić information content (AvgIpc) is 3.29. The first-order valence-corrected chi connectivity index (χ1v) is 11.2. The number of hydrogen-bond donors (Lipinski definition) is 0. The number of hydrogen-bond acceptors (Lipinski definition) is 4. The van der Waals surface area contributed by atoms with E-state index in [-0.39, 0.29) is 11.8 Å². The smallest absolute Gasteiger partial charge is 0.246 e. The van der Waals surface area contributed by atoms with Crippen LogP contribution in [0.5, 0.6) is 11.5 Å². The molecule has 1 aromatic carbocycles. The van der Waals surface area contributed by atoms with Gasteiger partial charge in [-0.15, -0.1) is 0 Å². The number of ether oxygens (including phenoxy) is 2. The van der Waals surface area contributed by atoms with Crippen molar-refractivity contribution in [1.82, 2.24) is 9.80 Å². The molecule has 0 aromatic heterocycles. The first kappa shape index (κ1) is 22.2. The van der Waals surface area contributed by atoms with E-state index in [1.165, 1.54) is 25.7 Å². The molecule has 0 spiro atoms. The third kappa shape index (κ3) is 6.00. The monoisotopic (exact) mass is 414 g/mol. The van der Waals surface area contributed by atoms with Crippen LogP contribution < -0.4 is 9.47 Å². The molecule has 1 aromatic rings. The summed E-state index contributed by atoms with van der Waals surface area (Å²) in [5.74, 6) is 2.16. The Morgan fingerprint density at radius 1 is 1.07 bits per heavy atom. The molecule has 0 bridgehead atoms. The number of benzene rings is 1. The third-order valence-corrected chi connectivity index (χ3v) is 5.95. The van der Waals surface area contributed by atoms with Gasteiger partial charge in [0, 0.05) is 38.7 Å². The van der Waals surface area contributed by atoms with Gasteiger partial charge in [-0.2, -0.15) is 0 Å². The van der Waals surface area contributed by atoms with Gasteiger partial charge in [0.25, 0.3) is 0 Å². The van der Waals surface area contributed by atoms with Gasteiger partial charge in [-0.05, 0) is 49.0 Å². The van der Waals surface area contributed by atoms with Crippen LogP contribution >= 0.6 is 0 Å². The Kier molecular flexibility index (Phi) is 8.17. The van der Waals surface area contributed by atoms with E-state index in [1.54, 1.807) is 19.3 Å². The highest BCUT2D eigenvalue weighted by Gasteiger charge is 2.26. The Morgan fingerprint density at radius 2 is 1.77 bits per heavy atom. The molecular weight excluding hydrogens is 380 g/mol. The molecule has 0 radical (unpaired) electrons. The lowest BCUT2D eigenvalue weighted by Crippen LogP contribution is -2.50. The van der Waals surface area contributed by atoms with E-state index in [0.29, 0.717) is 56.6 Å². The molecule has 2 amide bonds. The summed E-state index contributed by atoms with van der Waals surface area (Å²) in [6.45, 7) is 5.13. The highest BCUT2D eigenvalue weighted by molar-refractivity contribution is 5.92. The molecule has 3 rings (SSSR count). The van der Waals surface area contributed by atoms with Gasteiger partial charge >= 0.3 is 0 Å². The van der Waals surface area contributed by atoms with E-state index < -0.39 is 0 Å². The van der Waals surface area contributed by atoms with Gasteiger partial charge in [0.05, 0.1) is 13.7 Å². The van der Waals surface area contributed by atoms with Gasteiger partial charge in [0.15, 0.2) is 11.5 Å². The minimum Gasteiger partial charge on any atom is -0.493 e. The van der Waals surface area contributed by atoms with E-state index in [4.69, 9.17) is 9.47 Å². The molecule has 1 aliphatic heterocycles. The van der Waals surface area contributed by atoms with Gasteiger partial charge in [0.2, 0.25) is 11.8 Å². The number of rotatable bonds is 8. The van der Waals surface area contributed by atoms with Crippen molar-refractivity contribution >= 4 is 17.9 Å². The minimum absolute atomic E-state index is 0.0248. The normalized spacial score (nSPS) is 17.5. The lowest BCUT2D eigenvalue weighted by molar-refractivity contribution is -0.137. The second kappa shape index (κ2) is 11.0. The Labute approximate surface area is 179 Å². The first-order valence-electron chi connectivity index (χ1n) is 11.2. The van der Waals surface area contributed by atoms with Crippen molar-refractivity contribution in [3.63, 3.8) is 0 Å². The van der Waals surface area contributed by atoms with E-state index in [2.05, 4.69) is 6.92 Å². The maximum absolute atomic E-state index is 12.6. The summed E-state index contributed by atoms with van der Waals surface area (Å²) in [6.07, 6.45) is 9.88. The molecule has 6 nitrogen and oxygen atoms in total. The molecule has 1 saturated heterocycles. The van der Waals surface area contributed by atoms with Crippen molar-refractivity contribution in [2.45, 2.75) is 45.4 Å². The Hall–Kier alpha value is -2.50. The van der Waals surface area contributed by atoms with Crippen LogP contribution in [-0.4, -0.2) is 61.5 Å². The summed E-state index contributed by atoms with van der Waals surface area (Å²) in [6, 6.07) is 5.65. The maximum Gasteiger partial charge on any atom is 0.246 e. The van der Waals surface area contributed by atoms with Crippen LogP contribution in [0, 0.1) is 5.92 Å². The van der Waals surface area contributed by atoms with E-state index in [9.17, 15) is 9.59 Å². The van der Waals surface area contributed by atoms with Gasteiger partial charge in [-0.3, -0.25) is 9.59 Å². The molecule has 0 atom stereocenters. The number of carbonyl (C=O) groups excluding carboxylic acids is 2.